The average molecular weight is 486 g/mol. The van der Waals surface area contributed by atoms with E-state index in [-0.39, 0.29) is 19.1 Å². The number of fused-ring (bicyclic) bond motifs is 1. The number of nitrogens with zero attached hydrogens (tertiary/aromatic N) is 3. The summed E-state index contributed by atoms with van der Waals surface area (Å²) in [7, 11) is 0. The highest BCUT2D eigenvalue weighted by molar-refractivity contribution is 7.13. The number of aryl methyl sites for hydroxylation is 1. The molecule has 1 aliphatic heterocycles. The Morgan fingerprint density at radius 3 is 2.74 bits per heavy atom. The van der Waals surface area contributed by atoms with Crippen molar-refractivity contribution < 1.29 is 19.1 Å². The predicted octanol–water partition coefficient (Wildman–Crippen LogP) is 4.77. The molecule has 0 unspecified atom stereocenters. The van der Waals surface area contributed by atoms with Gasteiger partial charge in [-0.05, 0) is 48.7 Å². The van der Waals surface area contributed by atoms with Crippen LogP contribution in [0.3, 0.4) is 0 Å². The molecule has 0 saturated carbocycles. The lowest BCUT2D eigenvalue weighted by Crippen LogP contribution is -2.42. The molecular formula is C27H23N3O4S. The van der Waals surface area contributed by atoms with Crippen LogP contribution in [0.25, 0.3) is 22.0 Å². The van der Waals surface area contributed by atoms with E-state index in [4.69, 9.17) is 14.5 Å². The minimum Gasteiger partial charge on any atom is -0.482 e. The molecule has 0 radical (unpaired) electrons. The van der Waals surface area contributed by atoms with E-state index in [2.05, 4.69) is 4.98 Å². The third kappa shape index (κ3) is 5.38. The molecule has 0 atom stereocenters. The molecule has 8 heteroatoms. The van der Waals surface area contributed by atoms with Crippen molar-refractivity contribution in [3.8, 4) is 27.7 Å². The molecule has 2 aromatic heterocycles. The van der Waals surface area contributed by atoms with Gasteiger partial charge >= 0.3 is 5.97 Å². The summed E-state index contributed by atoms with van der Waals surface area (Å²) in [6.45, 7) is 0.0165. The number of anilines is 1. The van der Waals surface area contributed by atoms with Gasteiger partial charge in [0.15, 0.2) is 6.61 Å². The van der Waals surface area contributed by atoms with Crippen molar-refractivity contribution in [2.24, 2.45) is 0 Å². The average Bonchev–Trinajstić information content (AvgIpc) is 3.40. The fraction of sp³-hybridized carbons (Fsp3) is 0.185. The Kier molecular flexibility index (Phi) is 6.81. The molecule has 0 fully saturated rings. The van der Waals surface area contributed by atoms with Crippen molar-refractivity contribution in [3.05, 3.63) is 83.9 Å². The summed E-state index contributed by atoms with van der Waals surface area (Å²) in [5, 5.41) is 2.75. The van der Waals surface area contributed by atoms with E-state index in [0.29, 0.717) is 18.0 Å². The molecule has 3 heterocycles. The third-order valence-electron chi connectivity index (χ3n) is 5.59. The number of aromatic nitrogens is 2. The number of thiazole rings is 1. The summed E-state index contributed by atoms with van der Waals surface area (Å²) >= 11 is 1.50. The van der Waals surface area contributed by atoms with Gasteiger partial charge in [-0.2, -0.15) is 0 Å². The molecule has 7 nitrogen and oxygen atoms in total. The molecule has 1 aliphatic rings. The number of rotatable bonds is 8. The first-order valence-corrected chi connectivity index (χ1v) is 12.2. The van der Waals surface area contributed by atoms with Crippen LogP contribution in [0.15, 0.2) is 78.3 Å². The smallest absolute Gasteiger partial charge is 0.326 e. The van der Waals surface area contributed by atoms with Gasteiger partial charge in [0.1, 0.15) is 17.3 Å². The Hall–Kier alpha value is -4.04. The van der Waals surface area contributed by atoms with E-state index in [9.17, 15) is 9.59 Å². The molecular weight excluding hydrogens is 462 g/mol. The molecule has 0 N–H and O–H groups in total. The van der Waals surface area contributed by atoms with Crippen molar-refractivity contribution in [1.29, 1.82) is 0 Å². The number of amides is 1. The van der Waals surface area contributed by atoms with Gasteiger partial charge in [-0.15, -0.1) is 11.3 Å². The van der Waals surface area contributed by atoms with Crippen LogP contribution in [0, 0.1) is 0 Å². The number of benzene rings is 2. The Labute approximate surface area is 207 Å². The highest BCUT2D eigenvalue weighted by atomic mass is 32.1. The highest BCUT2D eigenvalue weighted by Gasteiger charge is 2.28. The van der Waals surface area contributed by atoms with E-state index >= 15 is 0 Å². The van der Waals surface area contributed by atoms with Crippen LogP contribution >= 0.6 is 11.3 Å². The lowest BCUT2D eigenvalue weighted by Gasteiger charge is -2.29. The van der Waals surface area contributed by atoms with Crippen LogP contribution < -0.4 is 9.64 Å². The minimum absolute atomic E-state index is 0.117. The SMILES string of the molecule is O=C(CN1C(=O)COc2ccc(-c3csc(-c4ccccn4)n3)cc21)OCCCc1ccccc1. The first-order chi connectivity index (χ1) is 17.2. The summed E-state index contributed by atoms with van der Waals surface area (Å²) in [4.78, 5) is 35.6. The maximum Gasteiger partial charge on any atom is 0.326 e. The van der Waals surface area contributed by atoms with Gasteiger partial charge in [-0.1, -0.05) is 36.4 Å². The summed E-state index contributed by atoms with van der Waals surface area (Å²) in [6.07, 6.45) is 3.28. The molecule has 0 saturated heterocycles. The van der Waals surface area contributed by atoms with Gasteiger partial charge < -0.3 is 9.47 Å². The third-order valence-corrected chi connectivity index (χ3v) is 6.45. The fourth-order valence-corrected chi connectivity index (χ4v) is 4.63. The van der Waals surface area contributed by atoms with Crippen LogP contribution in [0.1, 0.15) is 12.0 Å². The molecule has 176 valence electrons. The van der Waals surface area contributed by atoms with Crippen molar-refractivity contribution >= 4 is 28.9 Å². The normalized spacial score (nSPS) is 12.7. The zero-order valence-corrected chi connectivity index (χ0v) is 19.7. The lowest BCUT2D eigenvalue weighted by atomic mass is 10.1. The Bertz CT molecular complexity index is 1320. The van der Waals surface area contributed by atoms with Crippen molar-refractivity contribution in [3.63, 3.8) is 0 Å². The second kappa shape index (κ2) is 10.5. The number of hydrogen-bond donors (Lipinski definition) is 0. The topological polar surface area (TPSA) is 81.6 Å². The number of hydrogen-bond acceptors (Lipinski definition) is 7. The van der Waals surface area contributed by atoms with Crippen LogP contribution in [-0.4, -0.2) is 41.6 Å². The van der Waals surface area contributed by atoms with E-state index in [1.807, 2.05) is 66.0 Å². The van der Waals surface area contributed by atoms with Crippen LogP contribution in [-0.2, 0) is 20.7 Å². The second-order valence-electron chi connectivity index (χ2n) is 8.01. The van der Waals surface area contributed by atoms with Gasteiger partial charge in [-0.25, -0.2) is 4.98 Å². The summed E-state index contributed by atoms with van der Waals surface area (Å²) < 4.78 is 11.0. The van der Waals surface area contributed by atoms with Crippen molar-refractivity contribution in [1.82, 2.24) is 9.97 Å². The van der Waals surface area contributed by atoms with Gasteiger partial charge in [0.25, 0.3) is 5.91 Å². The lowest BCUT2D eigenvalue weighted by molar-refractivity contribution is -0.143. The van der Waals surface area contributed by atoms with Crippen LogP contribution in [0.2, 0.25) is 0 Å². The number of carbonyl (C=O) groups is 2. The monoisotopic (exact) mass is 485 g/mol. The zero-order chi connectivity index (χ0) is 24.0. The van der Waals surface area contributed by atoms with Crippen LogP contribution in [0.4, 0.5) is 5.69 Å². The number of ether oxygens (including phenoxy) is 2. The molecule has 4 aromatic rings. The highest BCUT2D eigenvalue weighted by Crippen LogP contribution is 2.37. The summed E-state index contributed by atoms with van der Waals surface area (Å²) in [5.41, 5.74) is 4.12. The standard InChI is InChI=1S/C27H23N3O4S/c31-25-17-34-24-12-11-20(22-18-35-27(29-22)21-10-4-5-13-28-21)15-23(24)30(25)16-26(32)33-14-6-9-19-7-2-1-3-8-19/h1-5,7-8,10-13,15,18H,6,9,14,16-17H2. The zero-order valence-electron chi connectivity index (χ0n) is 18.9. The van der Waals surface area contributed by atoms with Crippen LogP contribution in [0.5, 0.6) is 5.75 Å². The Morgan fingerprint density at radius 1 is 1.06 bits per heavy atom. The van der Waals surface area contributed by atoms with Gasteiger partial charge in [0, 0.05) is 17.1 Å². The molecule has 1 amide bonds. The molecule has 0 spiro atoms. The van der Waals surface area contributed by atoms with E-state index in [1.165, 1.54) is 21.8 Å². The second-order valence-corrected chi connectivity index (χ2v) is 8.87. The predicted molar refractivity (Wildman–Crippen MR) is 134 cm³/mol. The largest absolute Gasteiger partial charge is 0.482 e. The quantitative estimate of drug-likeness (QED) is 0.264. The van der Waals surface area contributed by atoms with Crippen molar-refractivity contribution in [2.75, 3.05) is 24.7 Å². The number of esters is 1. The summed E-state index contributed by atoms with van der Waals surface area (Å²) in [5.74, 6) is -0.190. The molecule has 5 rings (SSSR count). The van der Waals surface area contributed by atoms with Crippen molar-refractivity contribution in [2.45, 2.75) is 12.8 Å². The molecule has 35 heavy (non-hydrogen) atoms. The fourth-order valence-electron chi connectivity index (χ4n) is 3.83. The van der Waals surface area contributed by atoms with E-state index < -0.39 is 5.97 Å². The van der Waals surface area contributed by atoms with E-state index in [0.717, 1.165) is 34.8 Å². The Morgan fingerprint density at radius 2 is 1.91 bits per heavy atom. The van der Waals surface area contributed by atoms with Gasteiger partial charge in [0.2, 0.25) is 0 Å². The number of carbonyl (C=O) groups excluding carboxylic acids is 2. The van der Waals surface area contributed by atoms with Gasteiger partial charge in [0.05, 0.1) is 23.7 Å². The molecule has 0 aliphatic carbocycles. The molecule has 0 bridgehead atoms. The maximum atomic E-state index is 12.6. The first-order valence-electron chi connectivity index (χ1n) is 11.3. The summed E-state index contributed by atoms with van der Waals surface area (Å²) in [6, 6.07) is 21.3. The maximum absolute atomic E-state index is 12.6. The Balaban J connectivity index is 1.27. The van der Waals surface area contributed by atoms with Gasteiger partial charge in [-0.3, -0.25) is 19.5 Å². The minimum atomic E-state index is -0.448. The number of pyridine rings is 1. The molecule has 2 aromatic carbocycles. The van der Waals surface area contributed by atoms with E-state index in [1.54, 1.807) is 12.3 Å². The first kappa shape index (κ1) is 22.7.